The molecular weight excluding hydrogens is 189 g/mol. The van der Waals surface area contributed by atoms with Gasteiger partial charge in [0.1, 0.15) is 0 Å². The van der Waals surface area contributed by atoms with Gasteiger partial charge in [-0.25, -0.2) is 0 Å². The predicted octanol–water partition coefficient (Wildman–Crippen LogP) is 2.11. The summed E-state index contributed by atoms with van der Waals surface area (Å²) in [6.45, 7) is -0.0324. The zero-order valence-corrected chi connectivity index (χ0v) is 7.57. The van der Waals surface area contributed by atoms with Crippen LogP contribution in [0.1, 0.15) is 5.56 Å². The maximum absolute atomic E-state index is 13.0. The van der Waals surface area contributed by atoms with E-state index in [-0.39, 0.29) is 17.4 Å². The number of aliphatic hydroxyl groups is 1. The zero-order valence-electron chi connectivity index (χ0n) is 6.75. The first-order chi connectivity index (χ1) is 6.22. The van der Waals surface area contributed by atoms with Crippen LogP contribution in [-0.2, 0) is 6.61 Å². The molecule has 68 valence electrons. The number of nitrogen functional groups attached to an aromatic ring is 1. The number of fused-ring (bicyclic) bond motifs is 1. The SMILES string of the molecule is Nc1c(F)sc2cc(CO)ccc12. The van der Waals surface area contributed by atoms with Crippen LogP contribution >= 0.6 is 11.3 Å². The fourth-order valence-electron chi connectivity index (χ4n) is 1.23. The van der Waals surface area contributed by atoms with Crippen molar-refractivity contribution in [1.82, 2.24) is 0 Å². The summed E-state index contributed by atoms with van der Waals surface area (Å²) in [5.74, 6) is 0. The fourth-order valence-corrected chi connectivity index (χ4v) is 2.14. The van der Waals surface area contributed by atoms with E-state index >= 15 is 0 Å². The van der Waals surface area contributed by atoms with E-state index in [0.29, 0.717) is 0 Å². The molecule has 0 spiro atoms. The van der Waals surface area contributed by atoms with Crippen LogP contribution in [0.15, 0.2) is 18.2 Å². The lowest BCUT2D eigenvalue weighted by Crippen LogP contribution is -1.85. The van der Waals surface area contributed by atoms with Gasteiger partial charge in [-0.2, -0.15) is 4.39 Å². The van der Waals surface area contributed by atoms with E-state index in [1.807, 2.05) is 0 Å². The molecular formula is C9H8FNOS. The van der Waals surface area contributed by atoms with Gasteiger partial charge in [0.25, 0.3) is 0 Å². The van der Waals surface area contributed by atoms with E-state index in [0.717, 1.165) is 27.0 Å². The Labute approximate surface area is 78.4 Å². The van der Waals surface area contributed by atoms with Crippen molar-refractivity contribution in [2.45, 2.75) is 6.61 Å². The summed E-state index contributed by atoms with van der Waals surface area (Å²) in [5.41, 5.74) is 6.47. The number of halogens is 1. The Morgan fingerprint density at radius 3 is 2.92 bits per heavy atom. The van der Waals surface area contributed by atoms with Gasteiger partial charge >= 0.3 is 0 Å². The predicted molar refractivity (Wildman–Crippen MR) is 52.1 cm³/mol. The molecule has 0 fully saturated rings. The fraction of sp³-hybridized carbons (Fsp3) is 0.111. The minimum absolute atomic E-state index is 0.0324. The zero-order chi connectivity index (χ0) is 9.42. The Hall–Kier alpha value is -1.13. The third-order valence-corrected chi connectivity index (χ3v) is 2.89. The van der Waals surface area contributed by atoms with E-state index in [2.05, 4.69) is 0 Å². The summed E-state index contributed by atoms with van der Waals surface area (Å²) in [6.07, 6.45) is 0. The highest BCUT2D eigenvalue weighted by molar-refractivity contribution is 7.18. The van der Waals surface area contributed by atoms with E-state index in [4.69, 9.17) is 10.8 Å². The molecule has 1 aromatic heterocycles. The molecule has 2 rings (SSSR count). The van der Waals surface area contributed by atoms with Crippen LogP contribution in [0.25, 0.3) is 10.1 Å². The second kappa shape index (κ2) is 2.97. The van der Waals surface area contributed by atoms with Crippen molar-refractivity contribution in [3.05, 3.63) is 28.9 Å². The van der Waals surface area contributed by atoms with Gasteiger partial charge in [-0.3, -0.25) is 0 Å². The average molecular weight is 197 g/mol. The third kappa shape index (κ3) is 1.28. The topological polar surface area (TPSA) is 46.2 Å². The third-order valence-electron chi connectivity index (χ3n) is 1.93. The molecule has 0 saturated carbocycles. The van der Waals surface area contributed by atoms with Gasteiger partial charge in [0, 0.05) is 10.1 Å². The summed E-state index contributed by atoms with van der Waals surface area (Å²) in [4.78, 5) is 0. The summed E-state index contributed by atoms with van der Waals surface area (Å²) < 4.78 is 13.8. The van der Waals surface area contributed by atoms with E-state index in [1.54, 1.807) is 18.2 Å². The Bertz CT molecular complexity index is 452. The Morgan fingerprint density at radius 2 is 2.23 bits per heavy atom. The van der Waals surface area contributed by atoms with Gasteiger partial charge in [-0.05, 0) is 11.6 Å². The molecule has 0 bridgehead atoms. The van der Waals surface area contributed by atoms with Gasteiger partial charge in [0.15, 0.2) is 0 Å². The molecule has 0 aliphatic carbocycles. The van der Waals surface area contributed by atoms with Crippen LogP contribution in [0.3, 0.4) is 0 Å². The second-order valence-corrected chi connectivity index (χ2v) is 3.78. The minimum Gasteiger partial charge on any atom is -0.395 e. The van der Waals surface area contributed by atoms with E-state index < -0.39 is 0 Å². The number of nitrogens with two attached hydrogens (primary N) is 1. The molecule has 2 aromatic rings. The number of thiophene rings is 1. The first-order valence-corrected chi connectivity index (χ1v) is 4.61. The average Bonchev–Trinajstić information content (AvgIpc) is 2.42. The van der Waals surface area contributed by atoms with Crippen LogP contribution in [0.4, 0.5) is 10.1 Å². The number of anilines is 1. The molecule has 13 heavy (non-hydrogen) atoms. The Kier molecular flexibility index (Phi) is 1.94. The maximum atomic E-state index is 13.0. The Morgan fingerprint density at radius 1 is 1.46 bits per heavy atom. The molecule has 0 atom stereocenters. The molecule has 0 amide bonds. The largest absolute Gasteiger partial charge is 0.395 e. The number of rotatable bonds is 1. The van der Waals surface area contributed by atoms with Crippen molar-refractivity contribution < 1.29 is 9.50 Å². The second-order valence-electron chi connectivity index (χ2n) is 2.78. The van der Waals surface area contributed by atoms with Crippen LogP contribution < -0.4 is 5.73 Å². The lowest BCUT2D eigenvalue weighted by atomic mass is 10.2. The molecule has 0 unspecified atom stereocenters. The van der Waals surface area contributed by atoms with Crippen LogP contribution in [0.2, 0.25) is 0 Å². The summed E-state index contributed by atoms with van der Waals surface area (Å²) in [7, 11) is 0. The van der Waals surface area contributed by atoms with Crippen LogP contribution in [0, 0.1) is 5.13 Å². The summed E-state index contributed by atoms with van der Waals surface area (Å²) in [5, 5.41) is 9.22. The Balaban J connectivity index is 2.73. The molecule has 4 heteroatoms. The molecule has 1 aromatic carbocycles. The molecule has 0 saturated heterocycles. The van der Waals surface area contributed by atoms with Crippen molar-refractivity contribution in [2.75, 3.05) is 5.73 Å². The molecule has 2 nitrogen and oxygen atoms in total. The monoisotopic (exact) mass is 197 g/mol. The highest BCUT2D eigenvalue weighted by Gasteiger charge is 2.08. The number of hydrogen-bond acceptors (Lipinski definition) is 3. The summed E-state index contributed by atoms with van der Waals surface area (Å²) in [6, 6.07) is 5.22. The van der Waals surface area contributed by atoms with Crippen molar-refractivity contribution in [3.63, 3.8) is 0 Å². The molecule has 3 N–H and O–H groups in total. The van der Waals surface area contributed by atoms with Crippen molar-refractivity contribution >= 4 is 27.1 Å². The van der Waals surface area contributed by atoms with Crippen molar-refractivity contribution in [2.24, 2.45) is 0 Å². The van der Waals surface area contributed by atoms with Gasteiger partial charge < -0.3 is 10.8 Å². The minimum atomic E-state index is -0.356. The van der Waals surface area contributed by atoms with Crippen LogP contribution in [-0.4, -0.2) is 5.11 Å². The quantitative estimate of drug-likeness (QED) is 0.735. The van der Waals surface area contributed by atoms with E-state index in [1.165, 1.54) is 0 Å². The number of aliphatic hydroxyl groups excluding tert-OH is 1. The molecule has 0 radical (unpaired) electrons. The van der Waals surface area contributed by atoms with Crippen molar-refractivity contribution in [1.29, 1.82) is 0 Å². The molecule has 1 heterocycles. The molecule has 0 aliphatic heterocycles. The standard InChI is InChI=1S/C9H8FNOS/c10-9-8(11)6-2-1-5(4-12)3-7(6)13-9/h1-3,12H,4,11H2. The van der Waals surface area contributed by atoms with Gasteiger partial charge in [0.05, 0.1) is 12.3 Å². The maximum Gasteiger partial charge on any atom is 0.200 e. The van der Waals surface area contributed by atoms with Crippen molar-refractivity contribution in [3.8, 4) is 0 Å². The molecule has 0 aliphatic rings. The smallest absolute Gasteiger partial charge is 0.200 e. The van der Waals surface area contributed by atoms with Crippen LogP contribution in [0.5, 0.6) is 0 Å². The van der Waals surface area contributed by atoms with Gasteiger partial charge in [-0.1, -0.05) is 12.1 Å². The van der Waals surface area contributed by atoms with E-state index in [9.17, 15) is 4.39 Å². The lowest BCUT2D eigenvalue weighted by Gasteiger charge is -1.95. The first kappa shape index (κ1) is 8.47. The number of hydrogen-bond donors (Lipinski definition) is 2. The van der Waals surface area contributed by atoms with Gasteiger partial charge in [0.2, 0.25) is 5.13 Å². The first-order valence-electron chi connectivity index (χ1n) is 3.79. The summed E-state index contributed by atoms with van der Waals surface area (Å²) >= 11 is 1.01. The number of benzene rings is 1. The highest BCUT2D eigenvalue weighted by atomic mass is 32.1. The highest BCUT2D eigenvalue weighted by Crippen LogP contribution is 2.32. The van der Waals surface area contributed by atoms with Gasteiger partial charge in [-0.15, -0.1) is 11.3 Å². The normalized spacial score (nSPS) is 10.9. The lowest BCUT2D eigenvalue weighted by molar-refractivity contribution is 0.282.